The van der Waals surface area contributed by atoms with Crippen LogP contribution in [0.4, 0.5) is 0 Å². The first-order chi connectivity index (χ1) is 13.6. The van der Waals surface area contributed by atoms with Crippen molar-refractivity contribution >= 4 is 11.9 Å². The van der Waals surface area contributed by atoms with Gasteiger partial charge in [0.05, 0.1) is 13.5 Å². The van der Waals surface area contributed by atoms with Gasteiger partial charge in [-0.3, -0.25) is 14.5 Å². The molecule has 1 aliphatic rings. The minimum absolute atomic E-state index is 0.137. The van der Waals surface area contributed by atoms with Gasteiger partial charge in [0.2, 0.25) is 0 Å². The molecule has 2 aromatic carbocycles. The van der Waals surface area contributed by atoms with Gasteiger partial charge in [-0.25, -0.2) is 0 Å². The summed E-state index contributed by atoms with van der Waals surface area (Å²) in [5.41, 5.74) is 2.10. The molecule has 6 nitrogen and oxygen atoms in total. The number of carbonyl (C=O) groups is 2. The van der Waals surface area contributed by atoms with E-state index in [0.717, 1.165) is 30.9 Å². The Morgan fingerprint density at radius 1 is 0.893 bits per heavy atom. The highest BCUT2D eigenvalue weighted by atomic mass is 16.5. The number of methoxy groups -OCH3 is 1. The van der Waals surface area contributed by atoms with Crippen LogP contribution in [-0.4, -0.2) is 61.6 Å². The summed E-state index contributed by atoms with van der Waals surface area (Å²) in [7, 11) is 1.59. The highest BCUT2D eigenvalue weighted by Gasteiger charge is 2.22. The van der Waals surface area contributed by atoms with Crippen LogP contribution in [-0.2, 0) is 27.3 Å². The minimum atomic E-state index is -0.402. The number of esters is 1. The number of amides is 1. The molecule has 0 aliphatic carbocycles. The van der Waals surface area contributed by atoms with E-state index in [4.69, 9.17) is 9.47 Å². The Morgan fingerprint density at radius 3 is 2.21 bits per heavy atom. The van der Waals surface area contributed by atoms with Crippen molar-refractivity contribution in [3.05, 3.63) is 65.7 Å². The highest BCUT2D eigenvalue weighted by Crippen LogP contribution is 2.12. The van der Waals surface area contributed by atoms with E-state index in [-0.39, 0.29) is 18.9 Å². The van der Waals surface area contributed by atoms with Gasteiger partial charge in [0.1, 0.15) is 5.75 Å². The molecule has 148 valence electrons. The number of hydrogen-bond acceptors (Lipinski definition) is 5. The number of rotatable bonds is 7. The van der Waals surface area contributed by atoms with Crippen LogP contribution in [0.25, 0.3) is 0 Å². The molecule has 0 atom stereocenters. The number of nitrogens with zero attached hydrogens (tertiary/aromatic N) is 2. The summed E-state index contributed by atoms with van der Waals surface area (Å²) in [5.74, 6) is 0.197. The predicted molar refractivity (Wildman–Crippen MR) is 106 cm³/mol. The Bertz CT molecular complexity index is 769. The van der Waals surface area contributed by atoms with Crippen LogP contribution >= 0.6 is 0 Å². The third kappa shape index (κ3) is 5.82. The van der Waals surface area contributed by atoms with Gasteiger partial charge in [-0.05, 0) is 23.3 Å². The maximum absolute atomic E-state index is 12.3. The summed E-state index contributed by atoms with van der Waals surface area (Å²) < 4.78 is 10.3. The second-order valence-electron chi connectivity index (χ2n) is 6.83. The largest absolute Gasteiger partial charge is 0.497 e. The van der Waals surface area contributed by atoms with Gasteiger partial charge in [-0.2, -0.15) is 0 Å². The molecule has 1 heterocycles. The first kappa shape index (κ1) is 19.9. The lowest BCUT2D eigenvalue weighted by Crippen LogP contribution is -2.49. The molecule has 0 unspecified atom stereocenters. The zero-order valence-corrected chi connectivity index (χ0v) is 16.2. The van der Waals surface area contributed by atoms with Crippen molar-refractivity contribution in [3.63, 3.8) is 0 Å². The lowest BCUT2D eigenvalue weighted by atomic mass is 10.1. The van der Waals surface area contributed by atoms with Crippen LogP contribution in [0.2, 0.25) is 0 Å². The van der Waals surface area contributed by atoms with Crippen LogP contribution in [0.5, 0.6) is 5.75 Å². The highest BCUT2D eigenvalue weighted by molar-refractivity contribution is 5.81. The first-order valence-corrected chi connectivity index (χ1v) is 9.46. The average Bonchev–Trinajstić information content (AvgIpc) is 2.74. The Hall–Kier alpha value is -2.86. The lowest BCUT2D eigenvalue weighted by molar-refractivity contribution is -0.152. The van der Waals surface area contributed by atoms with Gasteiger partial charge < -0.3 is 14.4 Å². The molecule has 6 heteroatoms. The third-order valence-corrected chi connectivity index (χ3v) is 4.84. The molecule has 3 rings (SSSR count). The topological polar surface area (TPSA) is 59.1 Å². The molecule has 0 spiro atoms. The summed E-state index contributed by atoms with van der Waals surface area (Å²) in [6.07, 6.45) is 0.141. The summed E-state index contributed by atoms with van der Waals surface area (Å²) >= 11 is 0. The summed E-state index contributed by atoms with van der Waals surface area (Å²) in [4.78, 5) is 28.4. The van der Waals surface area contributed by atoms with Crippen molar-refractivity contribution in [2.75, 3.05) is 39.9 Å². The Balaban J connectivity index is 1.37. The average molecular weight is 382 g/mol. The molecule has 0 aromatic heterocycles. The third-order valence-electron chi connectivity index (χ3n) is 4.84. The fraction of sp³-hybridized carbons (Fsp3) is 0.364. The van der Waals surface area contributed by atoms with Crippen LogP contribution in [0.15, 0.2) is 54.6 Å². The first-order valence-electron chi connectivity index (χ1n) is 9.46. The maximum atomic E-state index is 12.3. The van der Waals surface area contributed by atoms with Crippen LogP contribution in [0.1, 0.15) is 11.1 Å². The van der Waals surface area contributed by atoms with Crippen LogP contribution in [0.3, 0.4) is 0 Å². The zero-order valence-electron chi connectivity index (χ0n) is 16.2. The van der Waals surface area contributed by atoms with E-state index < -0.39 is 5.97 Å². The van der Waals surface area contributed by atoms with E-state index in [1.54, 1.807) is 24.1 Å². The molecule has 0 N–H and O–H groups in total. The number of piperazine rings is 1. The molecule has 1 fully saturated rings. The number of carbonyl (C=O) groups excluding carboxylic acids is 2. The maximum Gasteiger partial charge on any atom is 0.310 e. The van der Waals surface area contributed by atoms with Gasteiger partial charge in [0, 0.05) is 32.7 Å². The molecule has 0 saturated carbocycles. The number of hydrogen-bond donors (Lipinski definition) is 0. The molecular formula is C22H26N2O4. The summed E-state index contributed by atoms with van der Waals surface area (Å²) in [6, 6.07) is 17.5. The molecule has 1 amide bonds. The van der Waals surface area contributed by atoms with E-state index in [1.165, 1.54) is 5.56 Å². The second-order valence-corrected chi connectivity index (χ2v) is 6.83. The summed E-state index contributed by atoms with van der Waals surface area (Å²) in [6.45, 7) is 3.64. The molecule has 1 saturated heterocycles. The van der Waals surface area contributed by atoms with E-state index in [1.807, 2.05) is 30.3 Å². The Labute approximate surface area is 165 Å². The minimum Gasteiger partial charge on any atom is -0.497 e. The van der Waals surface area contributed by atoms with E-state index in [0.29, 0.717) is 13.1 Å². The van der Waals surface area contributed by atoms with Gasteiger partial charge in [-0.1, -0.05) is 42.5 Å². The lowest BCUT2D eigenvalue weighted by Gasteiger charge is -2.34. The van der Waals surface area contributed by atoms with Crippen molar-refractivity contribution in [1.29, 1.82) is 0 Å². The fourth-order valence-electron chi connectivity index (χ4n) is 3.19. The zero-order chi connectivity index (χ0) is 19.8. The fourth-order valence-corrected chi connectivity index (χ4v) is 3.19. The Morgan fingerprint density at radius 2 is 1.57 bits per heavy atom. The van der Waals surface area contributed by atoms with E-state index >= 15 is 0 Å². The molecule has 1 aliphatic heterocycles. The standard InChI is InChI=1S/C22H26N2O4/c1-27-20-9-7-18(8-10-20)15-22(26)28-17-21(25)24-13-11-23(12-14-24)16-19-5-3-2-4-6-19/h2-10H,11-17H2,1H3. The molecule has 28 heavy (non-hydrogen) atoms. The van der Waals surface area contributed by atoms with Gasteiger partial charge in [0.15, 0.2) is 6.61 Å². The molecule has 0 radical (unpaired) electrons. The van der Waals surface area contributed by atoms with Crippen molar-refractivity contribution < 1.29 is 19.1 Å². The monoisotopic (exact) mass is 382 g/mol. The van der Waals surface area contributed by atoms with E-state index in [2.05, 4.69) is 17.0 Å². The van der Waals surface area contributed by atoms with Crippen molar-refractivity contribution in [3.8, 4) is 5.75 Å². The molecule has 0 bridgehead atoms. The van der Waals surface area contributed by atoms with Crippen molar-refractivity contribution in [2.45, 2.75) is 13.0 Å². The van der Waals surface area contributed by atoms with Crippen LogP contribution < -0.4 is 4.74 Å². The predicted octanol–water partition coefficient (Wildman–Crippen LogP) is 2.13. The second kappa shape index (κ2) is 9.90. The number of benzene rings is 2. The van der Waals surface area contributed by atoms with Crippen molar-refractivity contribution in [1.82, 2.24) is 9.80 Å². The number of ether oxygens (including phenoxy) is 2. The van der Waals surface area contributed by atoms with Gasteiger partial charge >= 0.3 is 5.97 Å². The van der Waals surface area contributed by atoms with Gasteiger partial charge in [-0.15, -0.1) is 0 Å². The molecule has 2 aromatic rings. The molecular weight excluding hydrogens is 356 g/mol. The summed E-state index contributed by atoms with van der Waals surface area (Å²) in [5, 5.41) is 0. The normalized spacial score (nSPS) is 14.5. The van der Waals surface area contributed by atoms with E-state index in [9.17, 15) is 9.59 Å². The SMILES string of the molecule is COc1ccc(CC(=O)OCC(=O)N2CCN(Cc3ccccc3)CC2)cc1. The van der Waals surface area contributed by atoms with Gasteiger partial charge in [0.25, 0.3) is 5.91 Å². The van der Waals surface area contributed by atoms with Crippen molar-refractivity contribution in [2.24, 2.45) is 0 Å². The smallest absolute Gasteiger partial charge is 0.310 e. The van der Waals surface area contributed by atoms with Crippen LogP contribution in [0, 0.1) is 0 Å². The Kier molecular flexibility index (Phi) is 7.03. The quantitative estimate of drug-likeness (QED) is 0.687.